The number of hydrogen-bond donors (Lipinski definition) is 1. The van der Waals surface area contributed by atoms with E-state index in [1.165, 1.54) is 5.01 Å². The number of nitrogens with zero attached hydrogens (tertiary/aromatic N) is 1. The minimum absolute atomic E-state index is 0.0775. The van der Waals surface area contributed by atoms with Gasteiger partial charge in [0.1, 0.15) is 0 Å². The van der Waals surface area contributed by atoms with Crippen LogP contribution in [-0.2, 0) is 4.79 Å². The van der Waals surface area contributed by atoms with E-state index < -0.39 is 0 Å². The lowest BCUT2D eigenvalue weighted by atomic mass is 10.00. The lowest BCUT2D eigenvalue weighted by Crippen LogP contribution is -2.42. The topological polar surface area (TPSA) is 46.3 Å². The molecule has 0 aromatic heterocycles. The molecule has 52 valence electrons. The standard InChI is InChI=1S/C6H12N2O/c1-5-2-3-8(7)6(9)4-5/h5H,2-4,7H2,1H3/t5-/m0/s1. The van der Waals surface area contributed by atoms with E-state index in [-0.39, 0.29) is 5.91 Å². The van der Waals surface area contributed by atoms with Crippen molar-refractivity contribution in [1.29, 1.82) is 0 Å². The second-order valence-corrected chi connectivity index (χ2v) is 2.69. The summed E-state index contributed by atoms with van der Waals surface area (Å²) in [5.74, 6) is 5.93. The summed E-state index contributed by atoms with van der Waals surface area (Å²) in [6, 6.07) is 0. The van der Waals surface area contributed by atoms with E-state index in [9.17, 15) is 4.79 Å². The molecule has 3 nitrogen and oxygen atoms in total. The van der Waals surface area contributed by atoms with Gasteiger partial charge in [0, 0.05) is 13.0 Å². The molecule has 1 rings (SSSR count). The minimum Gasteiger partial charge on any atom is -0.281 e. The molecule has 0 aromatic rings. The quantitative estimate of drug-likeness (QED) is 0.372. The van der Waals surface area contributed by atoms with Crippen LogP contribution in [0.25, 0.3) is 0 Å². The zero-order valence-corrected chi connectivity index (χ0v) is 5.63. The zero-order valence-electron chi connectivity index (χ0n) is 5.63. The molecule has 1 aliphatic heterocycles. The van der Waals surface area contributed by atoms with Gasteiger partial charge < -0.3 is 0 Å². The predicted octanol–water partition coefficient (Wildman–Crippen LogP) is 0.119. The van der Waals surface area contributed by atoms with E-state index in [4.69, 9.17) is 5.84 Å². The second kappa shape index (κ2) is 2.35. The van der Waals surface area contributed by atoms with Crippen LogP contribution in [0.3, 0.4) is 0 Å². The maximum atomic E-state index is 10.8. The molecule has 1 saturated heterocycles. The van der Waals surface area contributed by atoms with Crippen molar-refractivity contribution < 1.29 is 4.79 Å². The predicted molar refractivity (Wildman–Crippen MR) is 34.3 cm³/mol. The minimum atomic E-state index is 0.0775. The van der Waals surface area contributed by atoms with Crippen LogP contribution < -0.4 is 5.84 Å². The van der Waals surface area contributed by atoms with Crippen LogP contribution in [0.15, 0.2) is 0 Å². The van der Waals surface area contributed by atoms with Gasteiger partial charge in [0.25, 0.3) is 0 Å². The number of nitrogens with two attached hydrogens (primary N) is 1. The zero-order chi connectivity index (χ0) is 6.85. The van der Waals surface area contributed by atoms with E-state index in [1.54, 1.807) is 0 Å². The van der Waals surface area contributed by atoms with E-state index in [0.717, 1.165) is 13.0 Å². The number of amides is 1. The van der Waals surface area contributed by atoms with Crippen LogP contribution in [0.1, 0.15) is 19.8 Å². The molecule has 0 aliphatic carbocycles. The molecule has 1 aliphatic rings. The highest BCUT2D eigenvalue weighted by atomic mass is 16.2. The Morgan fingerprint density at radius 3 is 2.89 bits per heavy atom. The number of carbonyl (C=O) groups is 1. The van der Waals surface area contributed by atoms with Crippen molar-refractivity contribution in [3.8, 4) is 0 Å². The van der Waals surface area contributed by atoms with Gasteiger partial charge in [-0.1, -0.05) is 6.92 Å². The second-order valence-electron chi connectivity index (χ2n) is 2.69. The number of carbonyl (C=O) groups excluding carboxylic acids is 1. The summed E-state index contributed by atoms with van der Waals surface area (Å²) in [5, 5.41) is 1.31. The van der Waals surface area contributed by atoms with E-state index in [1.807, 2.05) is 0 Å². The Kier molecular flexibility index (Phi) is 1.71. The average molecular weight is 128 g/mol. The van der Waals surface area contributed by atoms with Crippen LogP contribution in [0.2, 0.25) is 0 Å². The Morgan fingerprint density at radius 2 is 2.44 bits per heavy atom. The number of piperidine rings is 1. The van der Waals surface area contributed by atoms with Gasteiger partial charge in [0.2, 0.25) is 5.91 Å². The normalized spacial score (nSPS) is 28.9. The lowest BCUT2D eigenvalue weighted by molar-refractivity contribution is -0.135. The van der Waals surface area contributed by atoms with Crippen molar-refractivity contribution in [2.75, 3.05) is 6.54 Å². The Labute approximate surface area is 54.8 Å². The van der Waals surface area contributed by atoms with Crippen LogP contribution in [0, 0.1) is 5.92 Å². The Hall–Kier alpha value is -0.570. The molecule has 3 heteroatoms. The third kappa shape index (κ3) is 1.42. The molecule has 1 amide bonds. The number of hydrazine groups is 1. The molecule has 2 N–H and O–H groups in total. The summed E-state index contributed by atoms with van der Waals surface area (Å²) in [7, 11) is 0. The number of hydrogen-bond acceptors (Lipinski definition) is 2. The van der Waals surface area contributed by atoms with Crippen LogP contribution >= 0.6 is 0 Å². The molecule has 0 radical (unpaired) electrons. The first-order valence-corrected chi connectivity index (χ1v) is 3.25. The van der Waals surface area contributed by atoms with Gasteiger partial charge in [-0.15, -0.1) is 0 Å². The Morgan fingerprint density at radius 1 is 1.78 bits per heavy atom. The van der Waals surface area contributed by atoms with Crippen molar-refractivity contribution in [2.45, 2.75) is 19.8 Å². The molecule has 0 aromatic carbocycles. The highest BCUT2D eigenvalue weighted by molar-refractivity contribution is 5.76. The average Bonchev–Trinajstić information content (AvgIpc) is 1.80. The number of rotatable bonds is 0. The summed E-state index contributed by atoms with van der Waals surface area (Å²) < 4.78 is 0. The molecule has 1 fully saturated rings. The van der Waals surface area contributed by atoms with E-state index in [2.05, 4.69) is 6.92 Å². The van der Waals surface area contributed by atoms with Gasteiger partial charge >= 0.3 is 0 Å². The van der Waals surface area contributed by atoms with Crippen molar-refractivity contribution in [1.82, 2.24) is 5.01 Å². The smallest absolute Gasteiger partial charge is 0.236 e. The molecule has 0 bridgehead atoms. The summed E-state index contributed by atoms with van der Waals surface area (Å²) in [4.78, 5) is 10.8. The molecule has 9 heavy (non-hydrogen) atoms. The molecular weight excluding hydrogens is 116 g/mol. The first kappa shape index (κ1) is 6.55. The molecular formula is C6H12N2O. The molecule has 0 saturated carbocycles. The molecule has 1 atom stereocenters. The van der Waals surface area contributed by atoms with Gasteiger partial charge in [-0.2, -0.15) is 0 Å². The monoisotopic (exact) mass is 128 g/mol. The van der Waals surface area contributed by atoms with Crippen LogP contribution in [0.5, 0.6) is 0 Å². The Bertz CT molecular complexity index is 124. The largest absolute Gasteiger partial charge is 0.281 e. The summed E-state index contributed by atoms with van der Waals surface area (Å²) >= 11 is 0. The van der Waals surface area contributed by atoms with Gasteiger partial charge in [-0.05, 0) is 12.3 Å². The molecule has 0 unspecified atom stereocenters. The van der Waals surface area contributed by atoms with Crippen LogP contribution in [0.4, 0.5) is 0 Å². The highest BCUT2D eigenvalue weighted by Crippen LogP contribution is 2.13. The maximum absolute atomic E-state index is 10.8. The van der Waals surface area contributed by atoms with Gasteiger partial charge in [-0.3, -0.25) is 9.80 Å². The van der Waals surface area contributed by atoms with E-state index in [0.29, 0.717) is 12.3 Å². The van der Waals surface area contributed by atoms with Gasteiger partial charge in [0.15, 0.2) is 0 Å². The molecule has 1 heterocycles. The first-order chi connectivity index (χ1) is 4.20. The Balaban J connectivity index is 2.44. The van der Waals surface area contributed by atoms with Crippen molar-refractivity contribution in [3.63, 3.8) is 0 Å². The summed E-state index contributed by atoms with van der Waals surface area (Å²) in [5.41, 5.74) is 0. The fraction of sp³-hybridized carbons (Fsp3) is 0.833. The SMILES string of the molecule is C[C@H]1CCN(N)C(=O)C1. The van der Waals surface area contributed by atoms with Gasteiger partial charge in [0.05, 0.1) is 0 Å². The summed E-state index contributed by atoms with van der Waals surface area (Å²) in [6.07, 6.45) is 1.67. The summed E-state index contributed by atoms with van der Waals surface area (Å²) in [6.45, 7) is 2.80. The first-order valence-electron chi connectivity index (χ1n) is 3.25. The van der Waals surface area contributed by atoms with Crippen molar-refractivity contribution in [2.24, 2.45) is 11.8 Å². The third-order valence-corrected chi connectivity index (χ3v) is 1.71. The highest BCUT2D eigenvalue weighted by Gasteiger charge is 2.19. The van der Waals surface area contributed by atoms with Crippen LogP contribution in [-0.4, -0.2) is 17.5 Å². The van der Waals surface area contributed by atoms with E-state index >= 15 is 0 Å². The third-order valence-electron chi connectivity index (χ3n) is 1.71. The van der Waals surface area contributed by atoms with Gasteiger partial charge in [-0.25, -0.2) is 5.84 Å². The fourth-order valence-corrected chi connectivity index (χ4v) is 1.00. The van der Waals surface area contributed by atoms with Crippen molar-refractivity contribution >= 4 is 5.91 Å². The van der Waals surface area contributed by atoms with Crippen molar-refractivity contribution in [3.05, 3.63) is 0 Å². The lowest BCUT2D eigenvalue weighted by Gasteiger charge is -2.25. The molecule has 0 spiro atoms. The maximum Gasteiger partial charge on any atom is 0.236 e. The fourth-order valence-electron chi connectivity index (χ4n) is 1.00.